The molecular formula is C17H19NO3. The fourth-order valence-electron chi connectivity index (χ4n) is 2.15. The molecule has 0 bridgehead atoms. The maximum atomic E-state index is 12.2. The summed E-state index contributed by atoms with van der Waals surface area (Å²) in [7, 11) is 0. The lowest BCUT2D eigenvalue weighted by molar-refractivity contribution is -0.124. The van der Waals surface area contributed by atoms with Crippen molar-refractivity contribution in [2.75, 3.05) is 6.61 Å². The molecule has 1 aromatic carbocycles. The predicted molar refractivity (Wildman–Crippen MR) is 80.7 cm³/mol. The van der Waals surface area contributed by atoms with Gasteiger partial charge in [0.25, 0.3) is 5.91 Å². The molecule has 110 valence electrons. The van der Waals surface area contributed by atoms with Crippen LogP contribution in [0.2, 0.25) is 0 Å². The van der Waals surface area contributed by atoms with E-state index >= 15 is 0 Å². The molecule has 0 aromatic heterocycles. The topological polar surface area (TPSA) is 46.6 Å². The number of carbonyl (C=O) groups is 2. The van der Waals surface area contributed by atoms with Crippen LogP contribution in [0.5, 0.6) is 0 Å². The maximum absolute atomic E-state index is 12.2. The van der Waals surface area contributed by atoms with Gasteiger partial charge in [0.2, 0.25) is 0 Å². The van der Waals surface area contributed by atoms with Gasteiger partial charge in [0.1, 0.15) is 6.61 Å². The lowest BCUT2D eigenvalue weighted by Crippen LogP contribution is -2.39. The van der Waals surface area contributed by atoms with Crippen LogP contribution in [-0.2, 0) is 16.0 Å². The van der Waals surface area contributed by atoms with E-state index in [9.17, 15) is 9.59 Å². The van der Waals surface area contributed by atoms with Gasteiger partial charge in [-0.25, -0.2) is 9.69 Å². The highest BCUT2D eigenvalue weighted by Gasteiger charge is 2.36. The Morgan fingerprint density at radius 2 is 2.05 bits per heavy atom. The summed E-state index contributed by atoms with van der Waals surface area (Å²) in [5.41, 5.74) is 2.04. The number of carbonyl (C=O) groups excluding carboxylic acids is 2. The Morgan fingerprint density at radius 3 is 2.71 bits per heavy atom. The summed E-state index contributed by atoms with van der Waals surface area (Å²) in [4.78, 5) is 25.2. The first kappa shape index (κ1) is 15.0. The van der Waals surface area contributed by atoms with Crippen LogP contribution in [-0.4, -0.2) is 29.5 Å². The van der Waals surface area contributed by atoms with Crippen LogP contribution >= 0.6 is 0 Å². The second-order valence-corrected chi connectivity index (χ2v) is 4.99. The van der Waals surface area contributed by atoms with E-state index in [4.69, 9.17) is 4.74 Å². The Bertz CT molecular complexity index is 575. The van der Waals surface area contributed by atoms with Crippen molar-refractivity contribution in [2.45, 2.75) is 26.3 Å². The fourth-order valence-corrected chi connectivity index (χ4v) is 2.15. The van der Waals surface area contributed by atoms with E-state index in [2.05, 4.69) is 0 Å². The number of cyclic esters (lactones) is 1. The van der Waals surface area contributed by atoms with Gasteiger partial charge in [-0.3, -0.25) is 4.79 Å². The molecule has 0 spiro atoms. The highest BCUT2D eigenvalue weighted by atomic mass is 16.6. The number of benzene rings is 1. The zero-order valence-corrected chi connectivity index (χ0v) is 12.3. The first-order valence-corrected chi connectivity index (χ1v) is 6.96. The van der Waals surface area contributed by atoms with Gasteiger partial charge in [0.15, 0.2) is 0 Å². The number of hydrogen-bond donors (Lipinski definition) is 0. The third kappa shape index (κ3) is 3.81. The van der Waals surface area contributed by atoms with E-state index in [0.717, 1.165) is 11.1 Å². The maximum Gasteiger partial charge on any atom is 0.417 e. The van der Waals surface area contributed by atoms with E-state index < -0.39 is 6.09 Å². The first-order chi connectivity index (χ1) is 10.1. The fraction of sp³-hybridized carbons (Fsp3) is 0.294. The van der Waals surface area contributed by atoms with Crippen molar-refractivity contribution in [1.82, 2.24) is 4.90 Å². The molecule has 4 heteroatoms. The minimum atomic E-state index is -0.566. The molecule has 4 nitrogen and oxygen atoms in total. The summed E-state index contributed by atoms with van der Waals surface area (Å²) in [5.74, 6) is -0.334. The molecule has 21 heavy (non-hydrogen) atoms. The Labute approximate surface area is 124 Å². The molecule has 1 aliphatic heterocycles. The molecule has 0 aliphatic carbocycles. The second kappa shape index (κ2) is 6.88. The molecule has 2 amide bonds. The molecule has 1 aromatic rings. The Balaban J connectivity index is 2.10. The zero-order valence-electron chi connectivity index (χ0n) is 12.3. The summed E-state index contributed by atoms with van der Waals surface area (Å²) in [6, 6.07) is 9.52. The van der Waals surface area contributed by atoms with Crippen LogP contribution in [0.4, 0.5) is 4.79 Å². The van der Waals surface area contributed by atoms with E-state index in [1.165, 1.54) is 11.0 Å². The highest BCUT2D eigenvalue weighted by molar-refractivity contribution is 6.00. The average molecular weight is 285 g/mol. The molecule has 1 atom stereocenters. The molecule has 0 N–H and O–H groups in total. The number of rotatable bonds is 4. The number of nitrogens with zero attached hydrogens (tertiary/aromatic N) is 1. The summed E-state index contributed by atoms with van der Waals surface area (Å²) < 4.78 is 5.02. The van der Waals surface area contributed by atoms with Gasteiger partial charge in [0.05, 0.1) is 6.04 Å². The lowest BCUT2D eigenvalue weighted by Gasteiger charge is -2.18. The molecule has 0 unspecified atom stereocenters. The second-order valence-electron chi connectivity index (χ2n) is 4.99. The average Bonchev–Trinajstić information content (AvgIpc) is 2.86. The van der Waals surface area contributed by atoms with Crippen LogP contribution < -0.4 is 0 Å². The number of allylic oxidation sites excluding steroid dienone is 3. The van der Waals surface area contributed by atoms with Crippen LogP contribution in [0.3, 0.4) is 0 Å². The van der Waals surface area contributed by atoms with Crippen LogP contribution in [0.1, 0.15) is 19.4 Å². The summed E-state index contributed by atoms with van der Waals surface area (Å²) in [6.45, 7) is 4.04. The molecule has 1 fully saturated rings. The van der Waals surface area contributed by atoms with Crippen LogP contribution in [0, 0.1) is 0 Å². The quantitative estimate of drug-likeness (QED) is 0.631. The monoisotopic (exact) mass is 285 g/mol. The number of amides is 2. The SMILES string of the molecule is C/C=C(C)/C=C/C(=O)N1C(=O)OC[C@@H]1Cc1ccccc1. The Kier molecular flexibility index (Phi) is 4.93. The van der Waals surface area contributed by atoms with Gasteiger partial charge in [-0.1, -0.05) is 48.1 Å². The number of imide groups is 1. The molecular weight excluding hydrogens is 266 g/mol. The van der Waals surface area contributed by atoms with Crippen LogP contribution in [0.15, 0.2) is 54.1 Å². The van der Waals surface area contributed by atoms with Crippen molar-refractivity contribution in [3.63, 3.8) is 0 Å². The standard InChI is InChI=1S/C17H19NO3/c1-3-13(2)9-10-16(19)18-15(12-21-17(18)20)11-14-7-5-4-6-8-14/h3-10,15H,11-12H2,1-2H3/b10-9+,13-3+/t15-/m0/s1. The minimum absolute atomic E-state index is 0.246. The van der Waals surface area contributed by atoms with Gasteiger partial charge in [-0.05, 0) is 25.8 Å². The van der Waals surface area contributed by atoms with Crippen molar-refractivity contribution in [3.05, 3.63) is 59.7 Å². The Morgan fingerprint density at radius 1 is 1.33 bits per heavy atom. The van der Waals surface area contributed by atoms with Gasteiger partial charge < -0.3 is 4.74 Å². The summed E-state index contributed by atoms with van der Waals surface area (Å²) in [6.07, 6.45) is 5.05. The lowest BCUT2D eigenvalue weighted by atomic mass is 10.1. The van der Waals surface area contributed by atoms with Crippen molar-refractivity contribution >= 4 is 12.0 Å². The third-order valence-corrected chi connectivity index (χ3v) is 3.46. The molecule has 0 saturated carbocycles. The zero-order chi connectivity index (χ0) is 15.2. The highest BCUT2D eigenvalue weighted by Crippen LogP contribution is 2.18. The third-order valence-electron chi connectivity index (χ3n) is 3.46. The van der Waals surface area contributed by atoms with Crippen molar-refractivity contribution in [1.29, 1.82) is 0 Å². The first-order valence-electron chi connectivity index (χ1n) is 6.96. The number of hydrogen-bond acceptors (Lipinski definition) is 3. The molecule has 1 aliphatic rings. The number of ether oxygens (including phenoxy) is 1. The van der Waals surface area contributed by atoms with Crippen molar-refractivity contribution in [2.24, 2.45) is 0 Å². The predicted octanol–water partition coefficient (Wildman–Crippen LogP) is 3.10. The van der Waals surface area contributed by atoms with Gasteiger partial charge in [-0.2, -0.15) is 0 Å². The molecule has 1 heterocycles. The van der Waals surface area contributed by atoms with E-state index in [1.54, 1.807) is 6.08 Å². The van der Waals surface area contributed by atoms with Gasteiger partial charge in [0, 0.05) is 6.08 Å². The molecule has 0 radical (unpaired) electrons. The molecule has 1 saturated heterocycles. The van der Waals surface area contributed by atoms with Crippen molar-refractivity contribution < 1.29 is 14.3 Å². The summed E-state index contributed by atoms with van der Waals surface area (Å²) in [5, 5.41) is 0. The Hall–Kier alpha value is -2.36. The minimum Gasteiger partial charge on any atom is -0.447 e. The van der Waals surface area contributed by atoms with Gasteiger partial charge in [-0.15, -0.1) is 0 Å². The van der Waals surface area contributed by atoms with E-state index in [-0.39, 0.29) is 18.6 Å². The van der Waals surface area contributed by atoms with Gasteiger partial charge >= 0.3 is 6.09 Å². The largest absolute Gasteiger partial charge is 0.447 e. The summed E-state index contributed by atoms with van der Waals surface area (Å²) >= 11 is 0. The normalized spacial score (nSPS) is 19.1. The smallest absolute Gasteiger partial charge is 0.417 e. The van der Waals surface area contributed by atoms with Crippen LogP contribution in [0.25, 0.3) is 0 Å². The van der Waals surface area contributed by atoms with Crippen molar-refractivity contribution in [3.8, 4) is 0 Å². The van der Waals surface area contributed by atoms with E-state index in [0.29, 0.717) is 6.42 Å². The van der Waals surface area contributed by atoms with E-state index in [1.807, 2.05) is 50.3 Å². The molecule has 2 rings (SSSR count).